The molecule has 0 aliphatic carbocycles. The lowest BCUT2D eigenvalue weighted by atomic mass is 10.4. The van der Waals surface area contributed by atoms with Crippen LogP contribution in [0.4, 0.5) is 0 Å². The topological polar surface area (TPSA) is 46.5 Å². The first-order chi connectivity index (χ1) is 4.54. The van der Waals surface area contributed by atoms with Gasteiger partial charge in [-0.15, -0.1) is 0 Å². The lowest BCUT2D eigenvalue weighted by Gasteiger charge is -2.00. The fourth-order valence-electron chi connectivity index (χ4n) is 0.274. The van der Waals surface area contributed by atoms with Gasteiger partial charge in [0.1, 0.15) is 6.10 Å². The summed E-state index contributed by atoms with van der Waals surface area (Å²) in [7, 11) is 0. The Kier molecular flexibility index (Phi) is 3.72. The number of allylic oxidation sites excluding steroid dienone is 1. The Morgan fingerprint density at radius 1 is 1.60 bits per heavy atom. The van der Waals surface area contributed by atoms with Crippen LogP contribution >= 0.6 is 0 Å². The van der Waals surface area contributed by atoms with Crippen LogP contribution in [0.2, 0.25) is 0 Å². The Bertz CT molecular complexity index is 143. The van der Waals surface area contributed by atoms with E-state index >= 15 is 0 Å². The van der Waals surface area contributed by atoms with Crippen LogP contribution in [0.5, 0.6) is 0 Å². The predicted molar refractivity (Wildman–Crippen MR) is 37.2 cm³/mol. The van der Waals surface area contributed by atoms with Crippen LogP contribution in [0.15, 0.2) is 11.8 Å². The zero-order valence-corrected chi connectivity index (χ0v) is 6.42. The van der Waals surface area contributed by atoms with Gasteiger partial charge in [0.2, 0.25) is 0 Å². The highest BCUT2D eigenvalue weighted by molar-refractivity contribution is 5.74. The van der Waals surface area contributed by atoms with Gasteiger partial charge >= 0.3 is 5.97 Å². The summed E-state index contributed by atoms with van der Waals surface area (Å²) in [5.41, 5.74) is 0.883. The van der Waals surface area contributed by atoms with E-state index < -0.39 is 12.1 Å². The van der Waals surface area contributed by atoms with Crippen LogP contribution in [-0.4, -0.2) is 17.2 Å². The fraction of sp³-hybridized carbons (Fsp3) is 0.571. The zero-order valence-electron chi connectivity index (χ0n) is 6.42. The number of hydrogen-bond acceptors (Lipinski definition) is 3. The second kappa shape index (κ2) is 4.06. The number of carbonyl (C=O) groups excluding carboxylic acids is 1. The van der Waals surface area contributed by atoms with Gasteiger partial charge in [-0.05, 0) is 26.3 Å². The van der Waals surface area contributed by atoms with E-state index in [0.717, 1.165) is 5.57 Å². The first-order valence-electron chi connectivity index (χ1n) is 3.06. The maximum atomic E-state index is 10.5. The van der Waals surface area contributed by atoms with E-state index in [4.69, 9.17) is 5.11 Å². The van der Waals surface area contributed by atoms with Gasteiger partial charge in [-0.2, -0.15) is 0 Å². The van der Waals surface area contributed by atoms with Crippen molar-refractivity contribution < 1.29 is 14.6 Å². The second-order valence-corrected chi connectivity index (χ2v) is 2.31. The van der Waals surface area contributed by atoms with Crippen molar-refractivity contribution in [3.05, 3.63) is 11.8 Å². The number of aliphatic hydroxyl groups is 1. The van der Waals surface area contributed by atoms with Crippen molar-refractivity contribution in [3.8, 4) is 0 Å². The molecule has 3 nitrogen and oxygen atoms in total. The van der Waals surface area contributed by atoms with Crippen molar-refractivity contribution in [1.29, 1.82) is 0 Å². The third kappa shape index (κ3) is 4.09. The van der Waals surface area contributed by atoms with Gasteiger partial charge in [-0.25, -0.2) is 4.79 Å². The average Bonchev–Trinajstić information content (AvgIpc) is 1.82. The minimum absolute atomic E-state index is 0.624. The summed E-state index contributed by atoms with van der Waals surface area (Å²) >= 11 is 0. The van der Waals surface area contributed by atoms with Crippen LogP contribution in [0.3, 0.4) is 0 Å². The SMILES string of the molecule is CC(C)=COC(=O)C(C)O. The number of aliphatic hydroxyl groups excluding tert-OH is 1. The molecule has 0 aromatic rings. The number of rotatable bonds is 2. The van der Waals surface area contributed by atoms with Crippen molar-refractivity contribution in [2.24, 2.45) is 0 Å². The molecule has 1 N–H and O–H groups in total. The molecule has 3 heteroatoms. The van der Waals surface area contributed by atoms with Crippen LogP contribution in [0.25, 0.3) is 0 Å². The minimum atomic E-state index is -1.05. The van der Waals surface area contributed by atoms with E-state index in [0.29, 0.717) is 0 Å². The molecule has 0 bridgehead atoms. The molecule has 1 atom stereocenters. The molecule has 0 fully saturated rings. The summed E-state index contributed by atoms with van der Waals surface area (Å²) in [4.78, 5) is 10.5. The third-order valence-corrected chi connectivity index (χ3v) is 0.752. The van der Waals surface area contributed by atoms with E-state index in [1.807, 2.05) is 0 Å². The normalized spacial score (nSPS) is 12.0. The second-order valence-electron chi connectivity index (χ2n) is 2.31. The lowest BCUT2D eigenvalue weighted by Crippen LogP contribution is -2.16. The minimum Gasteiger partial charge on any atom is -0.433 e. The van der Waals surface area contributed by atoms with Gasteiger partial charge in [0.05, 0.1) is 6.26 Å². The molecular formula is C7H12O3. The molecule has 0 amide bonds. The monoisotopic (exact) mass is 144 g/mol. The smallest absolute Gasteiger partial charge is 0.339 e. The van der Waals surface area contributed by atoms with E-state index in [1.54, 1.807) is 13.8 Å². The van der Waals surface area contributed by atoms with Gasteiger partial charge < -0.3 is 9.84 Å². The molecule has 10 heavy (non-hydrogen) atoms. The highest BCUT2D eigenvalue weighted by Gasteiger charge is 2.07. The van der Waals surface area contributed by atoms with Crippen molar-refractivity contribution in [2.75, 3.05) is 0 Å². The Labute approximate surface area is 60.3 Å². The molecule has 1 unspecified atom stereocenters. The molecule has 0 spiro atoms. The molecule has 58 valence electrons. The standard InChI is InChI=1S/C7H12O3/c1-5(2)4-10-7(9)6(3)8/h4,6,8H,1-3H3. The van der Waals surface area contributed by atoms with Gasteiger partial charge in [-0.3, -0.25) is 0 Å². The van der Waals surface area contributed by atoms with Crippen LogP contribution in [0, 0.1) is 0 Å². The molecule has 0 rings (SSSR count). The first-order valence-corrected chi connectivity index (χ1v) is 3.06. The maximum Gasteiger partial charge on any atom is 0.339 e. The van der Waals surface area contributed by atoms with Crippen LogP contribution in [-0.2, 0) is 9.53 Å². The Balaban J connectivity index is 3.71. The van der Waals surface area contributed by atoms with E-state index in [-0.39, 0.29) is 0 Å². The molecule has 0 heterocycles. The van der Waals surface area contributed by atoms with Crippen molar-refractivity contribution in [3.63, 3.8) is 0 Å². The summed E-state index contributed by atoms with van der Waals surface area (Å²) in [5.74, 6) is -0.624. The summed E-state index contributed by atoms with van der Waals surface area (Å²) in [6.07, 6.45) is 0.269. The maximum absolute atomic E-state index is 10.5. The Morgan fingerprint density at radius 3 is 2.40 bits per heavy atom. The van der Waals surface area contributed by atoms with E-state index in [2.05, 4.69) is 4.74 Å². The molecule has 0 saturated carbocycles. The van der Waals surface area contributed by atoms with Crippen LogP contribution < -0.4 is 0 Å². The quantitative estimate of drug-likeness (QED) is 0.461. The Hall–Kier alpha value is -0.830. The first kappa shape index (κ1) is 9.17. The molecule has 0 aliphatic rings. The number of carbonyl (C=O) groups is 1. The average molecular weight is 144 g/mol. The molecule has 0 aliphatic heterocycles. The molecule has 0 aromatic carbocycles. The number of ether oxygens (including phenoxy) is 1. The third-order valence-electron chi connectivity index (χ3n) is 0.752. The number of esters is 1. The lowest BCUT2D eigenvalue weighted by molar-refractivity contribution is -0.146. The molecule has 0 aromatic heterocycles. The number of hydrogen-bond donors (Lipinski definition) is 1. The predicted octanol–water partition coefficient (Wildman–Crippen LogP) is 0.834. The van der Waals surface area contributed by atoms with Crippen molar-refractivity contribution in [1.82, 2.24) is 0 Å². The van der Waals surface area contributed by atoms with Crippen molar-refractivity contribution >= 4 is 5.97 Å². The highest BCUT2D eigenvalue weighted by atomic mass is 16.5. The zero-order chi connectivity index (χ0) is 8.15. The molecular weight excluding hydrogens is 132 g/mol. The summed E-state index contributed by atoms with van der Waals surface area (Å²) in [5, 5.41) is 8.63. The summed E-state index contributed by atoms with van der Waals surface area (Å²) in [6.45, 7) is 4.96. The van der Waals surface area contributed by atoms with Gasteiger partial charge in [-0.1, -0.05) is 0 Å². The van der Waals surface area contributed by atoms with Gasteiger partial charge in [0.25, 0.3) is 0 Å². The fourth-order valence-corrected chi connectivity index (χ4v) is 0.274. The molecule has 0 saturated heterocycles. The summed E-state index contributed by atoms with van der Waals surface area (Å²) in [6, 6.07) is 0. The highest BCUT2D eigenvalue weighted by Crippen LogP contribution is 1.92. The molecule has 0 radical (unpaired) electrons. The van der Waals surface area contributed by atoms with Crippen molar-refractivity contribution in [2.45, 2.75) is 26.9 Å². The summed E-state index contributed by atoms with van der Waals surface area (Å²) < 4.78 is 4.51. The van der Waals surface area contributed by atoms with E-state index in [9.17, 15) is 4.79 Å². The van der Waals surface area contributed by atoms with Gasteiger partial charge in [0, 0.05) is 0 Å². The largest absolute Gasteiger partial charge is 0.433 e. The van der Waals surface area contributed by atoms with Crippen LogP contribution in [0.1, 0.15) is 20.8 Å². The van der Waals surface area contributed by atoms with E-state index in [1.165, 1.54) is 13.2 Å². The Morgan fingerprint density at radius 2 is 2.10 bits per heavy atom. The van der Waals surface area contributed by atoms with Gasteiger partial charge in [0.15, 0.2) is 0 Å².